The van der Waals surface area contributed by atoms with Crippen LogP contribution in [0.5, 0.6) is 5.75 Å². The van der Waals surface area contributed by atoms with E-state index in [4.69, 9.17) is 14.5 Å². The van der Waals surface area contributed by atoms with Crippen LogP contribution in [0.1, 0.15) is 59.4 Å². The van der Waals surface area contributed by atoms with E-state index < -0.39 is 42.0 Å². The van der Waals surface area contributed by atoms with E-state index in [1.807, 2.05) is 43.3 Å². The summed E-state index contributed by atoms with van der Waals surface area (Å²) in [5.41, 5.74) is 0.684. The topological polar surface area (TPSA) is 68.2 Å². The zero-order valence-electron chi connectivity index (χ0n) is 22.9. The highest BCUT2D eigenvalue weighted by Gasteiger charge is 2.44. The Labute approximate surface area is 222 Å². The number of hydrogen-bond donors (Lipinski definition) is 0. The van der Waals surface area contributed by atoms with Crippen molar-refractivity contribution in [3.63, 3.8) is 0 Å². The molecule has 1 amide bonds. The Morgan fingerprint density at radius 2 is 1.76 bits per heavy atom. The van der Waals surface area contributed by atoms with Gasteiger partial charge in [0.15, 0.2) is 0 Å². The summed E-state index contributed by atoms with van der Waals surface area (Å²) in [6, 6.07) is 10.8. The van der Waals surface area contributed by atoms with E-state index in [0.29, 0.717) is 18.6 Å². The SMILES string of the molecule is CCC1CC(=NCc2ccc3cc(OC)ccc3c2)C(C(C)OC(=O)C(C)(C)C)N(C(=O)CC(F)(F)F)C1. The molecule has 0 aliphatic carbocycles. The lowest BCUT2D eigenvalue weighted by atomic mass is 9.86. The summed E-state index contributed by atoms with van der Waals surface area (Å²) >= 11 is 0. The number of nitrogens with zero attached hydrogens (tertiary/aromatic N) is 2. The Morgan fingerprint density at radius 1 is 1.11 bits per heavy atom. The Hall–Kier alpha value is -3.10. The Bertz CT molecular complexity index is 1190. The van der Waals surface area contributed by atoms with Crippen LogP contribution in [0.2, 0.25) is 0 Å². The number of rotatable bonds is 7. The fraction of sp³-hybridized carbons (Fsp3) is 0.552. The minimum Gasteiger partial charge on any atom is -0.497 e. The number of methoxy groups -OCH3 is 1. The molecule has 0 radical (unpaired) electrons. The first-order valence-electron chi connectivity index (χ1n) is 12.9. The molecule has 0 saturated carbocycles. The molecule has 2 aromatic rings. The van der Waals surface area contributed by atoms with E-state index in [1.54, 1.807) is 34.8 Å². The molecule has 1 fully saturated rings. The molecule has 0 aromatic heterocycles. The summed E-state index contributed by atoms with van der Waals surface area (Å²) in [6.07, 6.45) is -5.88. The summed E-state index contributed by atoms with van der Waals surface area (Å²) < 4.78 is 50.6. The van der Waals surface area contributed by atoms with Gasteiger partial charge in [0.2, 0.25) is 5.91 Å². The van der Waals surface area contributed by atoms with Crippen LogP contribution in [0.15, 0.2) is 41.4 Å². The summed E-state index contributed by atoms with van der Waals surface area (Å²) in [6.45, 7) is 9.10. The van der Waals surface area contributed by atoms with Gasteiger partial charge in [-0.2, -0.15) is 13.2 Å². The molecule has 38 heavy (non-hydrogen) atoms. The van der Waals surface area contributed by atoms with E-state index in [9.17, 15) is 22.8 Å². The third kappa shape index (κ3) is 7.48. The highest BCUT2D eigenvalue weighted by atomic mass is 19.4. The quantitative estimate of drug-likeness (QED) is 0.389. The third-order valence-electron chi connectivity index (χ3n) is 6.81. The Kier molecular flexibility index (Phi) is 9.10. The number of aliphatic imine (C=N–C) groups is 1. The second kappa shape index (κ2) is 11.7. The molecule has 3 rings (SSSR count). The molecule has 0 spiro atoms. The average Bonchev–Trinajstić information content (AvgIpc) is 2.84. The lowest BCUT2D eigenvalue weighted by Crippen LogP contribution is -2.58. The van der Waals surface area contributed by atoms with Crippen molar-refractivity contribution in [1.82, 2.24) is 4.90 Å². The van der Waals surface area contributed by atoms with E-state index in [-0.39, 0.29) is 19.0 Å². The smallest absolute Gasteiger partial charge is 0.397 e. The predicted molar refractivity (Wildman–Crippen MR) is 141 cm³/mol. The van der Waals surface area contributed by atoms with Crippen LogP contribution < -0.4 is 4.74 Å². The van der Waals surface area contributed by atoms with Gasteiger partial charge < -0.3 is 14.4 Å². The Morgan fingerprint density at radius 3 is 2.37 bits per heavy atom. The van der Waals surface area contributed by atoms with Gasteiger partial charge in [0.25, 0.3) is 0 Å². The molecule has 1 aliphatic heterocycles. The van der Waals surface area contributed by atoms with E-state index in [1.165, 1.54) is 4.90 Å². The van der Waals surface area contributed by atoms with Crippen molar-refractivity contribution in [1.29, 1.82) is 0 Å². The van der Waals surface area contributed by atoms with Crippen LogP contribution >= 0.6 is 0 Å². The second-order valence-corrected chi connectivity index (χ2v) is 11.0. The summed E-state index contributed by atoms with van der Waals surface area (Å²) in [5.74, 6) is -0.817. The van der Waals surface area contributed by atoms with Crippen LogP contribution in [0.25, 0.3) is 10.8 Å². The molecular formula is C29H37F3N2O4. The maximum absolute atomic E-state index is 13.2. The van der Waals surface area contributed by atoms with Gasteiger partial charge in [-0.15, -0.1) is 0 Å². The highest BCUT2D eigenvalue weighted by molar-refractivity contribution is 5.95. The van der Waals surface area contributed by atoms with E-state index in [0.717, 1.165) is 22.1 Å². The maximum Gasteiger partial charge on any atom is 0.397 e. The van der Waals surface area contributed by atoms with Gasteiger partial charge in [0.1, 0.15) is 24.3 Å². The van der Waals surface area contributed by atoms with Gasteiger partial charge >= 0.3 is 12.1 Å². The molecule has 1 heterocycles. The average molecular weight is 535 g/mol. The Balaban J connectivity index is 1.96. The molecule has 9 heteroatoms. The number of esters is 1. The minimum atomic E-state index is -4.64. The van der Waals surface area contributed by atoms with Crippen molar-refractivity contribution >= 4 is 28.4 Å². The summed E-state index contributed by atoms with van der Waals surface area (Å²) in [5, 5.41) is 2.01. The zero-order chi connectivity index (χ0) is 28.3. The second-order valence-electron chi connectivity index (χ2n) is 11.0. The van der Waals surface area contributed by atoms with Crippen molar-refractivity contribution in [3.05, 3.63) is 42.0 Å². The number of halogens is 3. The fourth-order valence-corrected chi connectivity index (χ4v) is 4.64. The third-order valence-corrected chi connectivity index (χ3v) is 6.81. The standard InChI is InChI=1S/C29H37F3N2O4/c1-7-19-13-24(33-16-20-8-9-22-14-23(37-6)11-10-21(22)12-20)26(18(2)38-27(36)28(3,4)5)34(17-19)25(35)15-29(30,31)32/h8-12,14,18-19,26H,7,13,15-17H2,1-6H3. The molecule has 208 valence electrons. The number of amides is 1. The van der Waals surface area contributed by atoms with Crippen LogP contribution in [-0.4, -0.2) is 54.5 Å². The zero-order valence-corrected chi connectivity index (χ0v) is 22.9. The molecular weight excluding hydrogens is 497 g/mol. The number of alkyl halides is 3. The molecule has 2 aromatic carbocycles. The van der Waals surface area contributed by atoms with Crippen molar-refractivity contribution in [2.45, 2.75) is 78.7 Å². The van der Waals surface area contributed by atoms with Crippen LogP contribution in [0, 0.1) is 11.3 Å². The summed E-state index contributed by atoms with van der Waals surface area (Å²) in [7, 11) is 1.61. The number of hydrogen-bond acceptors (Lipinski definition) is 5. The summed E-state index contributed by atoms with van der Waals surface area (Å²) in [4.78, 5) is 31.6. The number of ether oxygens (including phenoxy) is 2. The number of fused-ring (bicyclic) bond motifs is 1. The van der Waals surface area contributed by atoms with Crippen LogP contribution in [0.4, 0.5) is 13.2 Å². The van der Waals surface area contributed by atoms with Crippen molar-refractivity contribution in [2.24, 2.45) is 16.3 Å². The number of carbonyl (C=O) groups is 2. The lowest BCUT2D eigenvalue weighted by molar-refractivity contribution is -0.170. The van der Waals surface area contributed by atoms with Crippen LogP contribution in [0.3, 0.4) is 0 Å². The molecule has 1 saturated heterocycles. The number of piperidine rings is 1. The fourth-order valence-electron chi connectivity index (χ4n) is 4.64. The minimum absolute atomic E-state index is 0.0447. The van der Waals surface area contributed by atoms with E-state index >= 15 is 0 Å². The number of likely N-dealkylation sites (tertiary alicyclic amines) is 1. The number of carbonyl (C=O) groups excluding carboxylic acids is 2. The van der Waals surface area contributed by atoms with Crippen molar-refractivity contribution < 1.29 is 32.2 Å². The molecule has 0 bridgehead atoms. The largest absolute Gasteiger partial charge is 0.497 e. The van der Waals surface area contributed by atoms with Gasteiger partial charge in [0, 0.05) is 12.3 Å². The molecule has 0 N–H and O–H groups in total. The molecule has 1 aliphatic rings. The molecule has 3 unspecified atom stereocenters. The molecule has 3 atom stereocenters. The van der Waals surface area contributed by atoms with Gasteiger partial charge in [-0.25, -0.2) is 0 Å². The van der Waals surface area contributed by atoms with Crippen molar-refractivity contribution in [2.75, 3.05) is 13.7 Å². The lowest BCUT2D eigenvalue weighted by Gasteiger charge is -2.43. The van der Waals surface area contributed by atoms with Gasteiger partial charge in [0.05, 0.1) is 19.1 Å². The normalized spacial score (nSPS) is 20.4. The number of benzene rings is 2. The van der Waals surface area contributed by atoms with Gasteiger partial charge in [-0.3, -0.25) is 14.6 Å². The maximum atomic E-state index is 13.2. The van der Waals surface area contributed by atoms with Crippen LogP contribution in [-0.2, 0) is 20.9 Å². The van der Waals surface area contributed by atoms with Gasteiger partial charge in [-0.05, 0) is 74.6 Å². The first-order valence-corrected chi connectivity index (χ1v) is 12.9. The monoisotopic (exact) mass is 534 g/mol. The van der Waals surface area contributed by atoms with E-state index in [2.05, 4.69) is 0 Å². The van der Waals surface area contributed by atoms with Crippen molar-refractivity contribution in [3.8, 4) is 5.75 Å². The van der Waals surface area contributed by atoms with Gasteiger partial charge in [-0.1, -0.05) is 31.5 Å². The first kappa shape index (κ1) is 29.5. The predicted octanol–water partition coefficient (Wildman–Crippen LogP) is 6.35. The first-order chi connectivity index (χ1) is 17.7. The molecule has 6 nitrogen and oxygen atoms in total. The highest BCUT2D eigenvalue weighted by Crippen LogP contribution is 2.31.